The zero-order chi connectivity index (χ0) is 33.8. The minimum absolute atomic E-state index is 0.0217. The van der Waals surface area contributed by atoms with Gasteiger partial charge in [-0.2, -0.15) is 26.3 Å². The molecule has 46 heavy (non-hydrogen) atoms. The zero-order valence-corrected chi connectivity index (χ0v) is 25.4. The maximum atomic E-state index is 13.7. The molecule has 0 fully saturated rings. The number of hydrogen-bond acceptors (Lipinski definition) is 6. The van der Waals surface area contributed by atoms with Crippen molar-refractivity contribution in [2.75, 3.05) is 32.3 Å². The highest BCUT2D eigenvalue weighted by Gasteiger charge is 2.43. The Bertz CT molecular complexity index is 1510. The van der Waals surface area contributed by atoms with Crippen LogP contribution >= 0.6 is 0 Å². The molecule has 8 nitrogen and oxygen atoms in total. The molecule has 0 saturated carbocycles. The van der Waals surface area contributed by atoms with Crippen LogP contribution in [0.3, 0.4) is 0 Å². The molecule has 0 spiro atoms. The monoisotopic (exact) mass is 654 g/mol. The van der Waals surface area contributed by atoms with E-state index in [0.717, 1.165) is 4.90 Å². The first-order chi connectivity index (χ1) is 21.7. The Kier molecular flexibility index (Phi) is 10.3. The van der Waals surface area contributed by atoms with Crippen LogP contribution in [0.4, 0.5) is 41.6 Å². The van der Waals surface area contributed by atoms with E-state index in [1.807, 2.05) is 0 Å². The Hall–Kier alpha value is -4.62. The second-order valence-corrected chi connectivity index (χ2v) is 10.3. The molecule has 0 N–H and O–H groups in total. The van der Waals surface area contributed by atoms with Gasteiger partial charge in [0.15, 0.2) is 11.5 Å². The van der Waals surface area contributed by atoms with Crippen molar-refractivity contribution in [1.82, 2.24) is 4.90 Å². The van der Waals surface area contributed by atoms with Crippen molar-refractivity contribution in [1.29, 1.82) is 0 Å². The lowest BCUT2D eigenvalue weighted by molar-refractivity contribution is -0.143. The number of carbonyl (C=O) groups excluding carboxylic acids is 2. The summed E-state index contributed by atoms with van der Waals surface area (Å²) in [6.45, 7) is 2.36. The maximum absolute atomic E-state index is 13.7. The summed E-state index contributed by atoms with van der Waals surface area (Å²) in [7, 11) is 2.74. The number of methoxy groups -OCH3 is 2. The first-order valence-corrected chi connectivity index (χ1v) is 14.2. The molecule has 0 aromatic heterocycles. The fourth-order valence-electron chi connectivity index (χ4n) is 5.46. The van der Waals surface area contributed by atoms with Crippen LogP contribution in [0.2, 0.25) is 0 Å². The van der Waals surface area contributed by atoms with Crippen molar-refractivity contribution in [2.45, 2.75) is 51.2 Å². The summed E-state index contributed by atoms with van der Waals surface area (Å²) < 4.78 is 104. The first kappa shape index (κ1) is 34.3. The second kappa shape index (κ2) is 13.8. The van der Waals surface area contributed by atoms with Gasteiger partial charge in [0.25, 0.3) is 0 Å². The molecule has 1 aliphatic heterocycles. The average molecular weight is 655 g/mol. The van der Waals surface area contributed by atoms with Gasteiger partial charge in [0.05, 0.1) is 56.3 Å². The maximum Gasteiger partial charge on any atom is 0.416 e. The molecule has 2 atom stereocenters. The predicted octanol–water partition coefficient (Wildman–Crippen LogP) is 8.55. The highest BCUT2D eigenvalue weighted by atomic mass is 19.4. The average Bonchev–Trinajstić information content (AvgIpc) is 3.01. The van der Waals surface area contributed by atoms with Gasteiger partial charge >= 0.3 is 24.5 Å². The molecule has 1 aliphatic rings. The summed E-state index contributed by atoms with van der Waals surface area (Å²) in [6, 6.07) is 11.1. The number of nitrogens with zero attached hydrogens (tertiary/aromatic N) is 2. The molecule has 14 heteroatoms. The standard InChI is InChI=1S/C32H32F6N2O6/c1-5-45-29(41)39(18-19-12-21(31(33,34)35)14-22(13-19)32(36,37)38)25-16-24(20-10-8-7-9-11-20)40(30(42)46-6-2)26-17-28(44-4)27(43-3)15-23(25)26/h7-15,17,24-25H,5-6,16,18H2,1-4H3/t24-,25-/m0/s1. The third-order valence-electron chi connectivity index (χ3n) is 7.44. The smallest absolute Gasteiger partial charge is 0.416 e. The molecule has 0 saturated heterocycles. The molecule has 0 aliphatic carbocycles. The lowest BCUT2D eigenvalue weighted by Crippen LogP contribution is -2.45. The van der Waals surface area contributed by atoms with E-state index in [9.17, 15) is 35.9 Å². The normalized spacial score (nSPS) is 16.3. The summed E-state index contributed by atoms with van der Waals surface area (Å²) in [5, 5.41) is 0. The van der Waals surface area contributed by atoms with Gasteiger partial charge < -0.3 is 18.9 Å². The Morgan fingerprint density at radius 1 is 0.826 bits per heavy atom. The molecule has 3 aromatic carbocycles. The first-order valence-electron chi connectivity index (χ1n) is 14.2. The van der Waals surface area contributed by atoms with Gasteiger partial charge in [-0.3, -0.25) is 9.80 Å². The quantitative estimate of drug-likeness (QED) is 0.227. The molecule has 1 heterocycles. The summed E-state index contributed by atoms with van der Waals surface area (Å²) in [5.41, 5.74) is -2.31. The number of benzene rings is 3. The third-order valence-corrected chi connectivity index (χ3v) is 7.44. The fourth-order valence-corrected chi connectivity index (χ4v) is 5.46. The molecule has 248 valence electrons. The number of halogens is 6. The number of carbonyl (C=O) groups is 2. The van der Waals surface area contributed by atoms with Crippen molar-refractivity contribution in [2.24, 2.45) is 0 Å². The van der Waals surface area contributed by atoms with Crippen molar-refractivity contribution >= 4 is 17.9 Å². The van der Waals surface area contributed by atoms with Crippen LogP contribution in [0.5, 0.6) is 11.5 Å². The number of ether oxygens (including phenoxy) is 4. The number of alkyl halides is 6. The van der Waals surface area contributed by atoms with E-state index >= 15 is 0 Å². The van der Waals surface area contributed by atoms with E-state index < -0.39 is 59.9 Å². The van der Waals surface area contributed by atoms with Crippen molar-refractivity contribution in [3.63, 3.8) is 0 Å². The van der Waals surface area contributed by atoms with Crippen LogP contribution in [0.25, 0.3) is 0 Å². The summed E-state index contributed by atoms with van der Waals surface area (Å²) in [5.74, 6) is 0.425. The largest absolute Gasteiger partial charge is 0.493 e. The summed E-state index contributed by atoms with van der Waals surface area (Å²) in [6.07, 6.45) is -11.9. The minimum Gasteiger partial charge on any atom is -0.493 e. The lowest BCUT2D eigenvalue weighted by atomic mass is 9.86. The van der Waals surface area contributed by atoms with E-state index in [1.165, 1.54) is 38.2 Å². The molecular formula is C32H32F6N2O6. The molecule has 3 aromatic rings. The molecule has 0 bridgehead atoms. The lowest BCUT2D eigenvalue weighted by Gasteiger charge is -2.44. The molecule has 0 unspecified atom stereocenters. The molecular weight excluding hydrogens is 622 g/mol. The van der Waals surface area contributed by atoms with Crippen molar-refractivity contribution in [3.05, 3.63) is 88.5 Å². The van der Waals surface area contributed by atoms with Gasteiger partial charge in [-0.1, -0.05) is 30.3 Å². The van der Waals surface area contributed by atoms with Crippen LogP contribution in [0, 0.1) is 0 Å². The van der Waals surface area contributed by atoms with E-state index in [-0.39, 0.29) is 42.9 Å². The van der Waals surface area contributed by atoms with Gasteiger partial charge in [0.1, 0.15) is 0 Å². The van der Waals surface area contributed by atoms with Gasteiger partial charge in [0.2, 0.25) is 0 Å². The minimum atomic E-state index is -5.09. The van der Waals surface area contributed by atoms with Crippen LogP contribution in [-0.4, -0.2) is 44.5 Å². The number of anilines is 1. The molecule has 0 radical (unpaired) electrons. The van der Waals surface area contributed by atoms with E-state index in [0.29, 0.717) is 23.3 Å². The van der Waals surface area contributed by atoms with Gasteiger partial charge in [0, 0.05) is 18.2 Å². The highest BCUT2D eigenvalue weighted by Crippen LogP contribution is 2.50. The number of fused-ring (bicyclic) bond motifs is 1. The zero-order valence-electron chi connectivity index (χ0n) is 25.4. The Morgan fingerprint density at radius 3 is 1.91 bits per heavy atom. The van der Waals surface area contributed by atoms with Crippen LogP contribution in [0.1, 0.15) is 60.2 Å². The number of hydrogen-bond donors (Lipinski definition) is 0. The van der Waals surface area contributed by atoms with E-state index in [2.05, 4.69) is 0 Å². The van der Waals surface area contributed by atoms with E-state index in [4.69, 9.17) is 18.9 Å². The van der Waals surface area contributed by atoms with Crippen LogP contribution in [-0.2, 0) is 28.4 Å². The van der Waals surface area contributed by atoms with Crippen molar-refractivity contribution < 1.29 is 54.9 Å². The Morgan fingerprint density at radius 2 is 1.39 bits per heavy atom. The van der Waals surface area contributed by atoms with Crippen molar-refractivity contribution in [3.8, 4) is 11.5 Å². The van der Waals surface area contributed by atoms with Gasteiger partial charge in [-0.25, -0.2) is 9.59 Å². The van der Waals surface area contributed by atoms with Gasteiger partial charge in [-0.15, -0.1) is 0 Å². The fraction of sp³-hybridized carbons (Fsp3) is 0.375. The van der Waals surface area contributed by atoms with E-state index in [1.54, 1.807) is 37.3 Å². The third kappa shape index (κ3) is 7.26. The van der Waals surface area contributed by atoms with Gasteiger partial charge in [-0.05, 0) is 55.7 Å². The predicted molar refractivity (Wildman–Crippen MR) is 155 cm³/mol. The van der Waals surface area contributed by atoms with Crippen LogP contribution in [0.15, 0.2) is 60.7 Å². The molecule has 2 amide bonds. The number of amides is 2. The molecule has 4 rings (SSSR count). The topological polar surface area (TPSA) is 77.5 Å². The highest BCUT2D eigenvalue weighted by molar-refractivity contribution is 5.91. The SMILES string of the molecule is CCOC(=O)N(Cc1cc(C(F)(F)F)cc(C(F)(F)F)c1)[C@H]1C[C@@H](c2ccccc2)N(C(=O)OCC)c2cc(OC)c(OC)cc21. The van der Waals surface area contributed by atoms with Crippen LogP contribution < -0.4 is 14.4 Å². The summed E-state index contributed by atoms with van der Waals surface area (Å²) >= 11 is 0. The summed E-state index contributed by atoms with van der Waals surface area (Å²) in [4.78, 5) is 29.5. The number of rotatable bonds is 8. The second-order valence-electron chi connectivity index (χ2n) is 10.3. The Labute approximate surface area is 261 Å². The Balaban J connectivity index is 1.97.